The highest BCUT2D eigenvalue weighted by molar-refractivity contribution is 5.95. The lowest BCUT2D eigenvalue weighted by Crippen LogP contribution is -2.27. The Kier molecular flexibility index (Phi) is 4.25. The van der Waals surface area contributed by atoms with Gasteiger partial charge in [0, 0.05) is 17.7 Å². The first kappa shape index (κ1) is 14.2. The smallest absolute Gasteiger partial charge is 0.335 e. The van der Waals surface area contributed by atoms with Crippen LogP contribution in [0, 0.1) is 10.1 Å². The Balaban J connectivity index is 1.96. The predicted molar refractivity (Wildman–Crippen MR) is 72.4 cm³/mol. The van der Waals surface area contributed by atoms with Crippen molar-refractivity contribution >= 4 is 17.6 Å². The molecule has 2 rings (SSSR count). The van der Waals surface area contributed by atoms with E-state index in [0.29, 0.717) is 5.56 Å². The van der Waals surface area contributed by atoms with Gasteiger partial charge in [-0.1, -0.05) is 18.2 Å². The molecule has 0 aliphatic carbocycles. The van der Waals surface area contributed by atoms with Crippen molar-refractivity contribution in [2.75, 3.05) is 0 Å². The quantitative estimate of drug-likeness (QED) is 0.688. The van der Waals surface area contributed by atoms with Gasteiger partial charge in [-0.15, -0.1) is 0 Å². The van der Waals surface area contributed by atoms with Crippen LogP contribution in [0.2, 0.25) is 0 Å². The van der Waals surface area contributed by atoms with E-state index in [2.05, 4.69) is 4.84 Å². The molecule has 0 saturated heterocycles. The van der Waals surface area contributed by atoms with Gasteiger partial charge in [0.25, 0.3) is 11.6 Å². The molecule has 0 unspecified atom stereocenters. The van der Waals surface area contributed by atoms with E-state index in [1.165, 1.54) is 24.3 Å². The summed E-state index contributed by atoms with van der Waals surface area (Å²) in [5, 5.41) is 10.5. The molecule has 0 radical (unpaired) electrons. The molecule has 1 N–H and O–H groups in total. The Morgan fingerprint density at radius 3 is 2.14 bits per heavy atom. The zero-order valence-corrected chi connectivity index (χ0v) is 10.7. The normalized spacial score (nSPS) is 9.71. The Bertz CT molecular complexity index is 668. The third-order valence-electron chi connectivity index (χ3n) is 2.59. The van der Waals surface area contributed by atoms with Gasteiger partial charge in [-0.2, -0.15) is 5.48 Å². The summed E-state index contributed by atoms with van der Waals surface area (Å²) in [5.74, 6) is -1.37. The van der Waals surface area contributed by atoms with Crippen molar-refractivity contribution in [3.05, 3.63) is 75.8 Å². The van der Waals surface area contributed by atoms with Crippen molar-refractivity contribution in [3.8, 4) is 0 Å². The van der Waals surface area contributed by atoms with Crippen LogP contribution in [0.3, 0.4) is 0 Å². The van der Waals surface area contributed by atoms with Gasteiger partial charge >= 0.3 is 5.97 Å². The Labute approximate surface area is 119 Å². The fourth-order valence-corrected chi connectivity index (χ4v) is 1.52. The lowest BCUT2D eigenvalue weighted by atomic mass is 10.2. The number of benzene rings is 2. The third-order valence-corrected chi connectivity index (χ3v) is 2.59. The maximum absolute atomic E-state index is 11.7. The van der Waals surface area contributed by atoms with E-state index < -0.39 is 16.8 Å². The van der Waals surface area contributed by atoms with E-state index in [0.717, 1.165) is 0 Å². The van der Waals surface area contributed by atoms with Crippen molar-refractivity contribution in [3.63, 3.8) is 0 Å². The average Bonchev–Trinajstić information content (AvgIpc) is 2.53. The lowest BCUT2D eigenvalue weighted by Gasteiger charge is -2.05. The van der Waals surface area contributed by atoms with Crippen LogP contribution in [0.1, 0.15) is 20.7 Å². The SMILES string of the molecule is O=C(NOC(=O)c1ccc([N+](=O)[O-])cc1)c1ccccc1. The maximum Gasteiger partial charge on any atom is 0.362 e. The first-order valence-electron chi connectivity index (χ1n) is 5.89. The van der Waals surface area contributed by atoms with E-state index in [9.17, 15) is 19.7 Å². The second kappa shape index (κ2) is 6.29. The van der Waals surface area contributed by atoms with Crippen LogP contribution < -0.4 is 5.48 Å². The number of nitrogens with zero attached hydrogens (tertiary/aromatic N) is 1. The number of nitro benzene ring substituents is 1. The molecule has 7 heteroatoms. The number of non-ortho nitro benzene ring substituents is 1. The summed E-state index contributed by atoms with van der Waals surface area (Å²) in [6.07, 6.45) is 0. The second-order valence-corrected chi connectivity index (χ2v) is 3.99. The molecule has 0 spiro atoms. The zero-order chi connectivity index (χ0) is 15.2. The van der Waals surface area contributed by atoms with Gasteiger partial charge in [-0.05, 0) is 24.3 Å². The van der Waals surface area contributed by atoms with Crippen molar-refractivity contribution in [1.29, 1.82) is 0 Å². The van der Waals surface area contributed by atoms with Gasteiger partial charge < -0.3 is 4.84 Å². The van der Waals surface area contributed by atoms with Gasteiger partial charge in [-0.3, -0.25) is 14.9 Å². The molecule has 2 aromatic carbocycles. The Morgan fingerprint density at radius 1 is 0.952 bits per heavy atom. The number of nitro groups is 1. The fraction of sp³-hybridized carbons (Fsp3) is 0. The molecule has 21 heavy (non-hydrogen) atoms. The van der Waals surface area contributed by atoms with Crippen molar-refractivity contribution in [1.82, 2.24) is 5.48 Å². The Hall–Kier alpha value is -3.22. The van der Waals surface area contributed by atoms with Crippen molar-refractivity contribution in [2.45, 2.75) is 0 Å². The fourth-order valence-electron chi connectivity index (χ4n) is 1.52. The average molecular weight is 286 g/mol. The molecule has 0 atom stereocenters. The predicted octanol–water partition coefficient (Wildman–Crippen LogP) is 2.10. The number of carbonyl (C=O) groups excluding carboxylic acids is 2. The monoisotopic (exact) mass is 286 g/mol. The standard InChI is InChI=1S/C14H10N2O5/c17-13(10-4-2-1-3-5-10)15-21-14(18)11-6-8-12(9-7-11)16(19)20/h1-9H,(H,15,17). The number of amides is 1. The number of carbonyl (C=O) groups is 2. The first-order chi connectivity index (χ1) is 10.1. The van der Waals surface area contributed by atoms with Crippen molar-refractivity contribution in [2.24, 2.45) is 0 Å². The largest absolute Gasteiger partial charge is 0.362 e. The molecule has 0 bridgehead atoms. The molecule has 0 fully saturated rings. The van der Waals surface area contributed by atoms with Crippen LogP contribution in [-0.2, 0) is 4.84 Å². The van der Waals surface area contributed by atoms with Crippen LogP contribution in [0.15, 0.2) is 54.6 Å². The second-order valence-electron chi connectivity index (χ2n) is 3.99. The van der Waals surface area contributed by atoms with Gasteiger partial charge in [0.1, 0.15) is 0 Å². The lowest BCUT2D eigenvalue weighted by molar-refractivity contribution is -0.384. The number of rotatable bonds is 3. The summed E-state index contributed by atoms with van der Waals surface area (Å²) < 4.78 is 0. The van der Waals surface area contributed by atoms with E-state index in [1.807, 2.05) is 5.48 Å². The highest BCUT2D eigenvalue weighted by atomic mass is 16.7. The van der Waals surface area contributed by atoms with Crippen molar-refractivity contribution < 1.29 is 19.3 Å². The summed E-state index contributed by atoms with van der Waals surface area (Å²) in [6.45, 7) is 0. The van der Waals surface area contributed by atoms with E-state index in [1.54, 1.807) is 30.3 Å². The van der Waals surface area contributed by atoms with E-state index >= 15 is 0 Å². The summed E-state index contributed by atoms with van der Waals surface area (Å²) in [4.78, 5) is 37.8. The molecule has 7 nitrogen and oxygen atoms in total. The molecule has 1 amide bonds. The third kappa shape index (κ3) is 3.63. The van der Waals surface area contributed by atoms with Crippen LogP contribution >= 0.6 is 0 Å². The number of hydrogen-bond acceptors (Lipinski definition) is 5. The number of hydroxylamine groups is 1. The molecule has 0 aromatic heterocycles. The van der Waals surface area contributed by atoms with Crippen LogP contribution in [0.5, 0.6) is 0 Å². The van der Waals surface area contributed by atoms with Crippen LogP contribution in [0.25, 0.3) is 0 Å². The number of hydrogen-bond donors (Lipinski definition) is 1. The molecular weight excluding hydrogens is 276 g/mol. The number of nitrogens with one attached hydrogen (secondary N) is 1. The molecule has 0 aliphatic rings. The topological polar surface area (TPSA) is 98.5 Å². The molecule has 2 aromatic rings. The molecule has 0 aliphatic heterocycles. The van der Waals surface area contributed by atoms with Gasteiger partial charge in [-0.25, -0.2) is 4.79 Å². The minimum absolute atomic E-state index is 0.0916. The van der Waals surface area contributed by atoms with Crippen LogP contribution in [-0.4, -0.2) is 16.8 Å². The van der Waals surface area contributed by atoms with Crippen LogP contribution in [0.4, 0.5) is 5.69 Å². The molecule has 0 saturated carbocycles. The highest BCUT2D eigenvalue weighted by Gasteiger charge is 2.13. The summed E-state index contributed by atoms with van der Waals surface area (Å²) >= 11 is 0. The minimum atomic E-state index is -0.811. The molecule has 106 valence electrons. The highest BCUT2D eigenvalue weighted by Crippen LogP contribution is 2.12. The van der Waals surface area contributed by atoms with Gasteiger partial charge in [0.05, 0.1) is 10.5 Å². The molecular formula is C14H10N2O5. The minimum Gasteiger partial charge on any atom is -0.335 e. The zero-order valence-electron chi connectivity index (χ0n) is 10.7. The Morgan fingerprint density at radius 2 is 1.57 bits per heavy atom. The van der Waals surface area contributed by atoms with E-state index in [4.69, 9.17) is 0 Å². The summed E-state index contributed by atoms with van der Waals surface area (Å²) in [5.41, 5.74) is 2.31. The van der Waals surface area contributed by atoms with Gasteiger partial charge in [0.2, 0.25) is 0 Å². The van der Waals surface area contributed by atoms with Gasteiger partial charge in [0.15, 0.2) is 0 Å². The maximum atomic E-state index is 11.7. The first-order valence-corrected chi connectivity index (χ1v) is 5.89. The summed E-state index contributed by atoms with van der Waals surface area (Å²) in [6, 6.07) is 13.1. The van der Waals surface area contributed by atoms with E-state index in [-0.39, 0.29) is 11.3 Å². The molecule has 0 heterocycles. The summed E-state index contributed by atoms with van der Waals surface area (Å²) in [7, 11) is 0.